The van der Waals surface area contributed by atoms with E-state index < -0.39 is 4.92 Å². The fraction of sp³-hybridized carbons (Fsp3) is 0.417. The summed E-state index contributed by atoms with van der Waals surface area (Å²) in [6, 6.07) is 11.1. The first kappa shape index (κ1) is 24.2. The molecule has 2 aromatic carbocycles. The molecule has 180 valence electrons. The van der Waals surface area contributed by atoms with Gasteiger partial charge in [0.2, 0.25) is 5.95 Å². The van der Waals surface area contributed by atoms with Crippen molar-refractivity contribution in [3.8, 4) is 5.75 Å². The van der Waals surface area contributed by atoms with Crippen molar-refractivity contribution in [1.29, 1.82) is 0 Å². The highest BCUT2D eigenvalue weighted by molar-refractivity contribution is 9.10. The minimum Gasteiger partial charge on any atom is -0.506 e. The van der Waals surface area contributed by atoms with Gasteiger partial charge in [0.05, 0.1) is 14.9 Å². The maximum Gasteiger partial charge on any atom is 0.271 e. The number of rotatable bonds is 8. The molecule has 3 N–H and O–H groups in total. The standard InChI is InChI=1S/C24H29BrN6O3/c1-30(2)23-19-5-3-4-6-21(19)28-24(29-23)27-17-9-7-15(8-10-17)13-26-14-16-11-18(31(33)34)12-20(25)22(16)32/h3-6,11-12,15,17,26,32H,7-10,13-14H2,1-2H3,(H,27,28,29). The maximum atomic E-state index is 11.1. The van der Waals surface area contributed by atoms with Gasteiger partial charge in [0.15, 0.2) is 0 Å². The SMILES string of the molecule is CN(C)c1nc(NC2CCC(CNCc3cc([N+](=O)[O-])cc(Br)c3O)CC2)nc2ccccc12. The van der Waals surface area contributed by atoms with Gasteiger partial charge in [0.1, 0.15) is 11.6 Å². The van der Waals surface area contributed by atoms with Crippen LogP contribution in [0, 0.1) is 16.0 Å². The molecule has 1 aliphatic carbocycles. The molecule has 1 saturated carbocycles. The van der Waals surface area contributed by atoms with Crippen LogP contribution in [0.15, 0.2) is 40.9 Å². The second kappa shape index (κ2) is 10.5. The third-order valence-corrected chi connectivity index (χ3v) is 6.88. The third-order valence-electron chi connectivity index (χ3n) is 6.27. The molecule has 34 heavy (non-hydrogen) atoms. The Hall–Kier alpha value is -2.98. The van der Waals surface area contributed by atoms with Gasteiger partial charge in [-0.3, -0.25) is 10.1 Å². The van der Waals surface area contributed by atoms with Crippen molar-refractivity contribution in [2.75, 3.05) is 30.9 Å². The number of aromatic hydroxyl groups is 1. The van der Waals surface area contributed by atoms with Crippen molar-refractivity contribution in [2.45, 2.75) is 38.3 Å². The van der Waals surface area contributed by atoms with Crippen LogP contribution in [0.2, 0.25) is 0 Å². The number of phenols is 1. The van der Waals surface area contributed by atoms with Crippen LogP contribution in [-0.2, 0) is 6.54 Å². The molecule has 0 amide bonds. The normalized spacial score (nSPS) is 18.1. The predicted molar refractivity (Wildman–Crippen MR) is 137 cm³/mol. The number of halogens is 1. The monoisotopic (exact) mass is 528 g/mol. The first-order chi connectivity index (χ1) is 16.3. The molecule has 0 spiro atoms. The van der Waals surface area contributed by atoms with E-state index in [1.807, 2.05) is 43.3 Å². The zero-order valence-corrected chi connectivity index (χ0v) is 20.9. The minimum absolute atomic E-state index is 0.0403. The first-order valence-corrected chi connectivity index (χ1v) is 12.2. The number of nitrogens with one attached hydrogen (secondary N) is 2. The number of phenolic OH excluding ortho intramolecular Hbond substituents is 1. The average molecular weight is 529 g/mol. The second-order valence-corrected chi connectivity index (χ2v) is 9.82. The van der Waals surface area contributed by atoms with Gasteiger partial charge in [0, 0.05) is 49.8 Å². The summed E-state index contributed by atoms with van der Waals surface area (Å²) in [5.74, 6) is 2.12. The summed E-state index contributed by atoms with van der Waals surface area (Å²) in [6.45, 7) is 1.17. The summed E-state index contributed by atoms with van der Waals surface area (Å²) >= 11 is 3.19. The highest BCUT2D eigenvalue weighted by atomic mass is 79.9. The number of nitro benzene ring substituents is 1. The molecule has 1 aliphatic rings. The van der Waals surface area contributed by atoms with Gasteiger partial charge in [0.25, 0.3) is 5.69 Å². The first-order valence-electron chi connectivity index (χ1n) is 11.4. The van der Waals surface area contributed by atoms with Crippen molar-refractivity contribution in [2.24, 2.45) is 5.92 Å². The van der Waals surface area contributed by atoms with E-state index in [-0.39, 0.29) is 11.4 Å². The lowest BCUT2D eigenvalue weighted by atomic mass is 9.86. The molecule has 1 aromatic heterocycles. The van der Waals surface area contributed by atoms with Gasteiger partial charge in [-0.2, -0.15) is 4.98 Å². The van der Waals surface area contributed by atoms with E-state index in [0.29, 0.717) is 34.5 Å². The Morgan fingerprint density at radius 3 is 2.62 bits per heavy atom. The Morgan fingerprint density at radius 1 is 1.18 bits per heavy atom. The Balaban J connectivity index is 1.30. The minimum atomic E-state index is -0.456. The molecule has 0 bridgehead atoms. The number of anilines is 2. The molecule has 10 heteroatoms. The van der Waals surface area contributed by atoms with Crippen molar-refractivity contribution in [3.63, 3.8) is 0 Å². The molecule has 0 aliphatic heterocycles. The molecule has 0 radical (unpaired) electrons. The van der Waals surface area contributed by atoms with E-state index in [1.165, 1.54) is 12.1 Å². The number of aromatic nitrogens is 2. The summed E-state index contributed by atoms with van der Waals surface area (Å²) < 4.78 is 0.332. The number of benzene rings is 2. The zero-order chi connectivity index (χ0) is 24.2. The van der Waals surface area contributed by atoms with E-state index in [9.17, 15) is 15.2 Å². The molecule has 0 unspecified atom stereocenters. The van der Waals surface area contributed by atoms with Gasteiger partial charge in [-0.25, -0.2) is 4.98 Å². The van der Waals surface area contributed by atoms with Gasteiger partial charge < -0.3 is 20.6 Å². The number of non-ortho nitro benzene ring substituents is 1. The molecular weight excluding hydrogens is 500 g/mol. The number of hydrogen-bond donors (Lipinski definition) is 3. The molecule has 1 fully saturated rings. The largest absolute Gasteiger partial charge is 0.506 e. The summed E-state index contributed by atoms with van der Waals surface area (Å²) in [5, 5.41) is 29.2. The molecule has 3 aromatic rings. The van der Waals surface area contributed by atoms with E-state index in [4.69, 9.17) is 9.97 Å². The third kappa shape index (κ3) is 5.56. The van der Waals surface area contributed by atoms with Gasteiger partial charge in [-0.15, -0.1) is 0 Å². The van der Waals surface area contributed by atoms with E-state index in [2.05, 4.69) is 26.6 Å². The Bertz CT molecular complexity index is 1180. The number of nitrogens with zero attached hydrogens (tertiary/aromatic N) is 4. The Labute approximate surface area is 206 Å². The Kier molecular flexibility index (Phi) is 7.47. The van der Waals surface area contributed by atoms with Crippen molar-refractivity contribution < 1.29 is 10.0 Å². The van der Waals surface area contributed by atoms with Crippen molar-refractivity contribution >= 4 is 44.3 Å². The average Bonchev–Trinajstić information content (AvgIpc) is 2.82. The van der Waals surface area contributed by atoms with Crippen LogP contribution in [0.25, 0.3) is 10.9 Å². The van der Waals surface area contributed by atoms with Gasteiger partial charge in [-0.1, -0.05) is 12.1 Å². The molecular formula is C24H29BrN6O3. The Morgan fingerprint density at radius 2 is 1.91 bits per heavy atom. The van der Waals surface area contributed by atoms with Crippen LogP contribution in [0.4, 0.5) is 17.5 Å². The number of fused-ring (bicyclic) bond motifs is 1. The summed E-state index contributed by atoms with van der Waals surface area (Å²) in [6.07, 6.45) is 4.16. The van der Waals surface area contributed by atoms with Crippen LogP contribution < -0.4 is 15.5 Å². The highest BCUT2D eigenvalue weighted by Gasteiger charge is 2.22. The summed E-state index contributed by atoms with van der Waals surface area (Å²) in [5.41, 5.74) is 1.40. The van der Waals surface area contributed by atoms with Gasteiger partial charge >= 0.3 is 0 Å². The molecule has 4 rings (SSSR count). The van der Waals surface area contributed by atoms with Gasteiger partial charge in [-0.05, 0) is 66.2 Å². The smallest absolute Gasteiger partial charge is 0.271 e. The zero-order valence-electron chi connectivity index (χ0n) is 19.3. The van der Waals surface area contributed by atoms with E-state index in [1.54, 1.807) is 0 Å². The van der Waals surface area contributed by atoms with Crippen LogP contribution in [0.1, 0.15) is 31.2 Å². The summed E-state index contributed by atoms with van der Waals surface area (Å²) in [4.78, 5) is 22.1. The predicted octanol–water partition coefficient (Wildman–Crippen LogP) is 4.83. The van der Waals surface area contributed by atoms with Crippen LogP contribution in [0.3, 0.4) is 0 Å². The highest BCUT2D eigenvalue weighted by Crippen LogP contribution is 2.33. The number of para-hydroxylation sites is 1. The molecule has 0 atom stereocenters. The quantitative estimate of drug-likeness (QED) is 0.281. The number of hydrogen-bond acceptors (Lipinski definition) is 8. The van der Waals surface area contributed by atoms with Crippen molar-refractivity contribution in [3.05, 3.63) is 56.5 Å². The molecule has 1 heterocycles. The lowest BCUT2D eigenvalue weighted by Gasteiger charge is -2.29. The van der Waals surface area contributed by atoms with Crippen LogP contribution >= 0.6 is 15.9 Å². The lowest BCUT2D eigenvalue weighted by Crippen LogP contribution is -2.31. The fourth-order valence-corrected chi connectivity index (χ4v) is 4.94. The second-order valence-electron chi connectivity index (χ2n) is 8.97. The van der Waals surface area contributed by atoms with Crippen molar-refractivity contribution in [1.82, 2.24) is 15.3 Å². The van der Waals surface area contributed by atoms with E-state index >= 15 is 0 Å². The van der Waals surface area contributed by atoms with Crippen LogP contribution in [-0.4, -0.2) is 46.7 Å². The topological polar surface area (TPSA) is 116 Å². The fourth-order valence-electron chi connectivity index (χ4n) is 4.45. The van der Waals surface area contributed by atoms with E-state index in [0.717, 1.165) is 48.9 Å². The maximum absolute atomic E-state index is 11.1. The van der Waals surface area contributed by atoms with Crippen LogP contribution in [0.5, 0.6) is 5.75 Å². The molecule has 0 saturated heterocycles. The molecule has 9 nitrogen and oxygen atoms in total. The summed E-state index contributed by atoms with van der Waals surface area (Å²) in [7, 11) is 3.98. The lowest BCUT2D eigenvalue weighted by molar-refractivity contribution is -0.385. The number of nitro groups is 1.